The largest absolute Gasteiger partial charge is 0.368 e. The van der Waals surface area contributed by atoms with Crippen molar-refractivity contribution in [3.63, 3.8) is 0 Å². The van der Waals surface area contributed by atoms with Crippen molar-refractivity contribution in [2.24, 2.45) is 0 Å². The average molecular weight is 202 g/mol. The molecule has 2 N–H and O–H groups in total. The third kappa shape index (κ3) is 2.67. The summed E-state index contributed by atoms with van der Waals surface area (Å²) in [6.45, 7) is 1.99. The standard InChI is InChI=1S/C11H14N4/c12-7-9-3-1-5-11(15-9)14-8-10-4-2-6-13-10/h1,3,5,10,13H,2,4,6,8H2,(H,14,15). The van der Waals surface area contributed by atoms with Gasteiger partial charge in [0, 0.05) is 12.6 Å². The van der Waals surface area contributed by atoms with E-state index in [1.807, 2.05) is 18.2 Å². The molecule has 4 nitrogen and oxygen atoms in total. The minimum atomic E-state index is 0.458. The smallest absolute Gasteiger partial charge is 0.142 e. The topological polar surface area (TPSA) is 60.7 Å². The van der Waals surface area contributed by atoms with Gasteiger partial charge in [-0.25, -0.2) is 4.98 Å². The van der Waals surface area contributed by atoms with Crippen molar-refractivity contribution in [2.75, 3.05) is 18.4 Å². The molecular weight excluding hydrogens is 188 g/mol. The first-order valence-electron chi connectivity index (χ1n) is 5.23. The summed E-state index contributed by atoms with van der Waals surface area (Å²) in [4.78, 5) is 4.15. The van der Waals surface area contributed by atoms with Crippen LogP contribution in [0.1, 0.15) is 18.5 Å². The summed E-state index contributed by atoms with van der Waals surface area (Å²) in [6, 6.07) is 8.00. The molecule has 0 aliphatic carbocycles. The second-order valence-corrected chi connectivity index (χ2v) is 3.69. The van der Waals surface area contributed by atoms with Gasteiger partial charge in [-0.05, 0) is 31.5 Å². The van der Waals surface area contributed by atoms with E-state index >= 15 is 0 Å². The maximum atomic E-state index is 8.69. The van der Waals surface area contributed by atoms with Crippen molar-refractivity contribution in [3.05, 3.63) is 23.9 Å². The monoisotopic (exact) mass is 202 g/mol. The Hall–Kier alpha value is -1.60. The van der Waals surface area contributed by atoms with Crippen LogP contribution in [0.25, 0.3) is 0 Å². The van der Waals surface area contributed by atoms with Gasteiger partial charge in [-0.1, -0.05) is 6.07 Å². The summed E-state index contributed by atoms with van der Waals surface area (Å²) in [5.74, 6) is 0.780. The molecule has 1 unspecified atom stereocenters. The van der Waals surface area contributed by atoms with Gasteiger partial charge in [-0.15, -0.1) is 0 Å². The SMILES string of the molecule is N#Cc1cccc(NCC2CCCN2)n1. The summed E-state index contributed by atoms with van der Waals surface area (Å²) in [6.07, 6.45) is 2.46. The highest BCUT2D eigenvalue weighted by Crippen LogP contribution is 2.08. The molecule has 0 bridgehead atoms. The van der Waals surface area contributed by atoms with Gasteiger partial charge >= 0.3 is 0 Å². The lowest BCUT2D eigenvalue weighted by atomic mass is 10.2. The first-order valence-corrected chi connectivity index (χ1v) is 5.23. The highest BCUT2D eigenvalue weighted by Gasteiger charge is 2.13. The number of anilines is 1. The Bertz CT molecular complexity index is 363. The predicted octanol–water partition coefficient (Wildman–Crippen LogP) is 1.12. The predicted molar refractivity (Wildman–Crippen MR) is 58.5 cm³/mol. The van der Waals surface area contributed by atoms with Crippen LogP contribution in [-0.2, 0) is 0 Å². The van der Waals surface area contributed by atoms with Gasteiger partial charge in [0.25, 0.3) is 0 Å². The average Bonchev–Trinajstić information content (AvgIpc) is 2.79. The fourth-order valence-electron chi connectivity index (χ4n) is 1.75. The first-order chi connectivity index (χ1) is 7.38. The van der Waals surface area contributed by atoms with E-state index in [2.05, 4.69) is 15.6 Å². The van der Waals surface area contributed by atoms with Gasteiger partial charge in [0.2, 0.25) is 0 Å². The Morgan fingerprint density at radius 1 is 1.60 bits per heavy atom. The van der Waals surface area contributed by atoms with Crippen LogP contribution < -0.4 is 10.6 Å². The molecule has 0 amide bonds. The quantitative estimate of drug-likeness (QED) is 0.771. The second-order valence-electron chi connectivity index (χ2n) is 3.69. The van der Waals surface area contributed by atoms with Crippen molar-refractivity contribution in [1.29, 1.82) is 5.26 Å². The van der Waals surface area contributed by atoms with E-state index in [1.54, 1.807) is 6.07 Å². The van der Waals surface area contributed by atoms with Gasteiger partial charge in [0.1, 0.15) is 17.6 Å². The van der Waals surface area contributed by atoms with Crippen LogP contribution in [0.2, 0.25) is 0 Å². The molecule has 1 aliphatic heterocycles. The molecule has 0 radical (unpaired) electrons. The number of pyridine rings is 1. The summed E-state index contributed by atoms with van der Waals surface area (Å²) in [5.41, 5.74) is 0.458. The molecule has 0 aromatic carbocycles. The third-order valence-corrected chi connectivity index (χ3v) is 2.56. The molecule has 1 saturated heterocycles. The van der Waals surface area contributed by atoms with Gasteiger partial charge < -0.3 is 10.6 Å². The molecule has 1 atom stereocenters. The first kappa shape index (κ1) is 9.94. The van der Waals surface area contributed by atoms with E-state index in [9.17, 15) is 0 Å². The van der Waals surface area contributed by atoms with Gasteiger partial charge in [-0.2, -0.15) is 5.26 Å². The molecule has 0 spiro atoms. The highest BCUT2D eigenvalue weighted by atomic mass is 15.0. The van der Waals surface area contributed by atoms with Gasteiger partial charge in [0.05, 0.1) is 0 Å². The van der Waals surface area contributed by atoms with Crippen molar-refractivity contribution in [1.82, 2.24) is 10.3 Å². The van der Waals surface area contributed by atoms with E-state index in [0.717, 1.165) is 18.9 Å². The van der Waals surface area contributed by atoms with E-state index in [4.69, 9.17) is 5.26 Å². The Morgan fingerprint density at radius 2 is 2.53 bits per heavy atom. The fraction of sp³-hybridized carbons (Fsp3) is 0.455. The van der Waals surface area contributed by atoms with Crippen LogP contribution in [0.4, 0.5) is 5.82 Å². The summed E-state index contributed by atoms with van der Waals surface area (Å²) >= 11 is 0. The Balaban J connectivity index is 1.90. The summed E-state index contributed by atoms with van der Waals surface area (Å²) in [5, 5.41) is 15.3. The third-order valence-electron chi connectivity index (χ3n) is 2.56. The molecule has 2 heterocycles. The van der Waals surface area contributed by atoms with E-state index in [0.29, 0.717) is 11.7 Å². The molecule has 1 aliphatic rings. The van der Waals surface area contributed by atoms with Gasteiger partial charge in [-0.3, -0.25) is 0 Å². The van der Waals surface area contributed by atoms with Crippen LogP contribution in [0.15, 0.2) is 18.2 Å². The Morgan fingerprint density at radius 3 is 3.27 bits per heavy atom. The van der Waals surface area contributed by atoms with Crippen LogP contribution >= 0.6 is 0 Å². The molecule has 4 heteroatoms. The second kappa shape index (κ2) is 4.76. The lowest BCUT2D eigenvalue weighted by molar-refractivity contribution is 0.632. The maximum absolute atomic E-state index is 8.69. The molecule has 2 rings (SSSR count). The number of hydrogen-bond acceptors (Lipinski definition) is 4. The molecule has 1 fully saturated rings. The van der Waals surface area contributed by atoms with Crippen molar-refractivity contribution < 1.29 is 0 Å². The zero-order valence-corrected chi connectivity index (χ0v) is 8.53. The maximum Gasteiger partial charge on any atom is 0.142 e. The summed E-state index contributed by atoms with van der Waals surface area (Å²) < 4.78 is 0. The number of nitriles is 1. The van der Waals surface area contributed by atoms with Crippen molar-refractivity contribution in [2.45, 2.75) is 18.9 Å². The van der Waals surface area contributed by atoms with Crippen LogP contribution in [-0.4, -0.2) is 24.1 Å². The van der Waals surface area contributed by atoms with Crippen LogP contribution in [0.3, 0.4) is 0 Å². The fourth-order valence-corrected chi connectivity index (χ4v) is 1.75. The summed E-state index contributed by atoms with van der Waals surface area (Å²) in [7, 11) is 0. The molecule has 1 aromatic heterocycles. The number of rotatable bonds is 3. The zero-order valence-electron chi connectivity index (χ0n) is 8.53. The molecule has 1 aromatic rings. The van der Waals surface area contributed by atoms with Crippen LogP contribution in [0.5, 0.6) is 0 Å². The number of aromatic nitrogens is 1. The molecule has 78 valence electrons. The zero-order chi connectivity index (χ0) is 10.5. The minimum Gasteiger partial charge on any atom is -0.368 e. The van der Waals surface area contributed by atoms with E-state index in [1.165, 1.54) is 12.8 Å². The highest BCUT2D eigenvalue weighted by molar-refractivity contribution is 5.38. The van der Waals surface area contributed by atoms with E-state index in [-0.39, 0.29) is 0 Å². The Labute approximate surface area is 89.3 Å². The normalized spacial score (nSPS) is 19.8. The number of nitrogens with one attached hydrogen (secondary N) is 2. The van der Waals surface area contributed by atoms with Crippen molar-refractivity contribution in [3.8, 4) is 6.07 Å². The van der Waals surface area contributed by atoms with Crippen LogP contribution in [0, 0.1) is 11.3 Å². The molecule has 0 saturated carbocycles. The molecular formula is C11H14N4. The number of nitrogens with zero attached hydrogens (tertiary/aromatic N) is 2. The van der Waals surface area contributed by atoms with Gasteiger partial charge in [0.15, 0.2) is 0 Å². The number of hydrogen-bond donors (Lipinski definition) is 2. The van der Waals surface area contributed by atoms with Crippen molar-refractivity contribution >= 4 is 5.82 Å². The van der Waals surface area contributed by atoms with E-state index < -0.39 is 0 Å². The molecule has 15 heavy (non-hydrogen) atoms. The lowest BCUT2D eigenvalue weighted by Crippen LogP contribution is -2.29. The Kier molecular flexibility index (Phi) is 3.15. The minimum absolute atomic E-state index is 0.458. The lowest BCUT2D eigenvalue weighted by Gasteiger charge is -2.11.